The first kappa shape index (κ1) is 25.7. The van der Waals surface area contributed by atoms with Crippen molar-refractivity contribution in [2.24, 2.45) is 0 Å². The van der Waals surface area contributed by atoms with Crippen molar-refractivity contribution in [1.29, 1.82) is 0 Å². The third-order valence-corrected chi connectivity index (χ3v) is 4.71. The lowest BCUT2D eigenvalue weighted by atomic mass is 10.2. The summed E-state index contributed by atoms with van der Waals surface area (Å²) in [4.78, 5) is 39.7. The first-order valence-corrected chi connectivity index (χ1v) is 10.5. The standard InChI is InChI=1S/C23H27F3N4O3/c1-3-13-30(15-19(31)28-18-10-9-17(24)21(25)22(18)26)20(32)11-12-27-23(33)29(2)14-16-7-5-4-6-8-16/h4-10H,3,11-15H2,1-2H3,(H,27,33)(H,28,31). The molecule has 33 heavy (non-hydrogen) atoms. The summed E-state index contributed by atoms with van der Waals surface area (Å²) in [5, 5.41) is 4.80. The highest BCUT2D eigenvalue weighted by molar-refractivity contribution is 5.94. The van der Waals surface area contributed by atoms with Crippen molar-refractivity contribution in [2.75, 3.05) is 32.0 Å². The van der Waals surface area contributed by atoms with Crippen molar-refractivity contribution in [2.45, 2.75) is 26.3 Å². The second kappa shape index (κ2) is 12.5. The van der Waals surface area contributed by atoms with Crippen LogP contribution < -0.4 is 10.6 Å². The number of anilines is 1. The van der Waals surface area contributed by atoms with E-state index in [0.29, 0.717) is 19.0 Å². The van der Waals surface area contributed by atoms with E-state index in [1.54, 1.807) is 7.05 Å². The van der Waals surface area contributed by atoms with Crippen LogP contribution >= 0.6 is 0 Å². The van der Waals surface area contributed by atoms with Crippen LogP contribution in [0.15, 0.2) is 42.5 Å². The van der Waals surface area contributed by atoms with Crippen molar-refractivity contribution in [1.82, 2.24) is 15.1 Å². The van der Waals surface area contributed by atoms with E-state index in [0.717, 1.165) is 11.6 Å². The molecule has 0 bridgehead atoms. The number of amides is 4. The molecule has 2 aromatic carbocycles. The molecule has 0 aromatic heterocycles. The van der Waals surface area contributed by atoms with Crippen LogP contribution in [0.4, 0.5) is 23.7 Å². The fourth-order valence-corrected chi connectivity index (χ4v) is 3.05. The van der Waals surface area contributed by atoms with Gasteiger partial charge in [0.15, 0.2) is 17.5 Å². The Hall–Kier alpha value is -3.56. The number of nitrogens with one attached hydrogen (secondary N) is 2. The number of carbonyl (C=O) groups excluding carboxylic acids is 3. The van der Waals surface area contributed by atoms with Gasteiger partial charge in [-0.15, -0.1) is 0 Å². The predicted molar refractivity (Wildman–Crippen MR) is 118 cm³/mol. The molecule has 0 fully saturated rings. The highest BCUT2D eigenvalue weighted by atomic mass is 19.2. The van der Waals surface area contributed by atoms with E-state index in [-0.39, 0.29) is 31.4 Å². The van der Waals surface area contributed by atoms with Gasteiger partial charge in [0.1, 0.15) is 0 Å². The molecule has 4 amide bonds. The topological polar surface area (TPSA) is 81.8 Å². The van der Waals surface area contributed by atoms with E-state index in [1.807, 2.05) is 37.3 Å². The molecular formula is C23H27F3N4O3. The number of carbonyl (C=O) groups is 3. The maximum atomic E-state index is 13.8. The molecule has 0 saturated heterocycles. The van der Waals surface area contributed by atoms with E-state index < -0.39 is 35.6 Å². The number of urea groups is 1. The molecule has 2 rings (SSSR count). The molecule has 0 heterocycles. The number of halogens is 3. The average molecular weight is 464 g/mol. The smallest absolute Gasteiger partial charge is 0.317 e. The Kier molecular flexibility index (Phi) is 9.71. The number of hydrogen-bond donors (Lipinski definition) is 2. The van der Waals surface area contributed by atoms with Gasteiger partial charge in [0.05, 0.1) is 12.2 Å². The van der Waals surface area contributed by atoms with Gasteiger partial charge in [-0.2, -0.15) is 0 Å². The lowest BCUT2D eigenvalue weighted by Crippen LogP contribution is -2.42. The maximum Gasteiger partial charge on any atom is 0.317 e. The zero-order valence-corrected chi connectivity index (χ0v) is 18.5. The van der Waals surface area contributed by atoms with Crippen LogP contribution in [0.1, 0.15) is 25.3 Å². The zero-order valence-electron chi connectivity index (χ0n) is 18.5. The molecule has 2 aromatic rings. The second-order valence-corrected chi connectivity index (χ2v) is 7.41. The Morgan fingerprint density at radius 3 is 2.33 bits per heavy atom. The van der Waals surface area contributed by atoms with Gasteiger partial charge in [-0.25, -0.2) is 18.0 Å². The number of nitrogens with zero attached hydrogens (tertiary/aromatic N) is 2. The van der Waals surface area contributed by atoms with Gasteiger partial charge in [0.25, 0.3) is 0 Å². The Labute approximate surface area is 190 Å². The van der Waals surface area contributed by atoms with Gasteiger partial charge in [-0.1, -0.05) is 37.3 Å². The van der Waals surface area contributed by atoms with Crippen LogP contribution in [-0.4, -0.2) is 54.3 Å². The second-order valence-electron chi connectivity index (χ2n) is 7.41. The summed E-state index contributed by atoms with van der Waals surface area (Å²) in [6.07, 6.45) is 0.516. The molecule has 10 heteroatoms. The maximum absolute atomic E-state index is 13.8. The van der Waals surface area contributed by atoms with E-state index in [2.05, 4.69) is 10.6 Å². The molecule has 0 unspecified atom stereocenters. The summed E-state index contributed by atoms with van der Waals surface area (Å²) in [5.74, 6) is -5.72. The van der Waals surface area contributed by atoms with E-state index in [9.17, 15) is 27.6 Å². The molecule has 0 aliphatic carbocycles. The summed E-state index contributed by atoms with van der Waals surface area (Å²) < 4.78 is 40.1. The molecular weight excluding hydrogens is 437 g/mol. The van der Waals surface area contributed by atoms with Crippen molar-refractivity contribution in [3.8, 4) is 0 Å². The first-order chi connectivity index (χ1) is 15.7. The lowest BCUT2D eigenvalue weighted by Gasteiger charge is -2.22. The summed E-state index contributed by atoms with van der Waals surface area (Å²) in [6, 6.07) is 10.7. The predicted octanol–water partition coefficient (Wildman–Crippen LogP) is 3.51. The molecule has 0 atom stereocenters. The van der Waals surface area contributed by atoms with Crippen LogP contribution in [-0.2, 0) is 16.1 Å². The van der Waals surface area contributed by atoms with Gasteiger partial charge in [-0.05, 0) is 24.1 Å². The number of benzene rings is 2. The summed E-state index contributed by atoms with van der Waals surface area (Å²) >= 11 is 0. The van der Waals surface area contributed by atoms with Crippen molar-refractivity contribution >= 4 is 23.5 Å². The molecule has 0 spiro atoms. The quantitative estimate of drug-likeness (QED) is 0.528. The highest BCUT2D eigenvalue weighted by Gasteiger charge is 2.20. The van der Waals surface area contributed by atoms with Crippen molar-refractivity contribution < 1.29 is 27.6 Å². The lowest BCUT2D eigenvalue weighted by molar-refractivity contribution is -0.134. The van der Waals surface area contributed by atoms with E-state index >= 15 is 0 Å². The molecule has 0 saturated carbocycles. The largest absolute Gasteiger partial charge is 0.337 e. The van der Waals surface area contributed by atoms with Crippen molar-refractivity contribution in [3.63, 3.8) is 0 Å². The third-order valence-electron chi connectivity index (χ3n) is 4.71. The molecule has 178 valence electrons. The zero-order chi connectivity index (χ0) is 24.4. The fraction of sp³-hybridized carbons (Fsp3) is 0.348. The summed E-state index contributed by atoms with van der Waals surface area (Å²) in [7, 11) is 1.63. The van der Waals surface area contributed by atoms with E-state index in [1.165, 1.54) is 9.80 Å². The van der Waals surface area contributed by atoms with Crippen LogP contribution in [0.3, 0.4) is 0 Å². The minimum Gasteiger partial charge on any atom is -0.337 e. The molecule has 7 nitrogen and oxygen atoms in total. The third kappa shape index (κ3) is 7.81. The minimum absolute atomic E-state index is 0.0439. The first-order valence-electron chi connectivity index (χ1n) is 10.5. The Morgan fingerprint density at radius 1 is 0.970 bits per heavy atom. The van der Waals surface area contributed by atoms with Crippen LogP contribution in [0.5, 0.6) is 0 Å². The highest BCUT2D eigenvalue weighted by Crippen LogP contribution is 2.19. The number of rotatable bonds is 10. The van der Waals surface area contributed by atoms with Gasteiger partial charge in [0, 0.05) is 33.1 Å². The normalized spacial score (nSPS) is 10.5. The van der Waals surface area contributed by atoms with Crippen LogP contribution in [0.25, 0.3) is 0 Å². The van der Waals surface area contributed by atoms with Gasteiger partial charge < -0.3 is 20.4 Å². The SMILES string of the molecule is CCCN(CC(=O)Nc1ccc(F)c(F)c1F)C(=O)CCNC(=O)N(C)Cc1ccccc1. The fourth-order valence-electron chi connectivity index (χ4n) is 3.05. The van der Waals surface area contributed by atoms with E-state index in [4.69, 9.17) is 0 Å². The Morgan fingerprint density at radius 2 is 1.67 bits per heavy atom. The average Bonchev–Trinajstić information content (AvgIpc) is 2.79. The number of hydrogen-bond acceptors (Lipinski definition) is 3. The van der Waals surface area contributed by atoms with Gasteiger partial charge >= 0.3 is 6.03 Å². The summed E-state index contributed by atoms with van der Waals surface area (Å²) in [6.45, 7) is 2.15. The molecule has 0 aliphatic heterocycles. The minimum atomic E-state index is -1.69. The van der Waals surface area contributed by atoms with Gasteiger partial charge in [-0.3, -0.25) is 9.59 Å². The monoisotopic (exact) mass is 464 g/mol. The molecule has 0 aliphatic rings. The van der Waals surface area contributed by atoms with Crippen LogP contribution in [0.2, 0.25) is 0 Å². The Bertz CT molecular complexity index is 973. The summed E-state index contributed by atoms with van der Waals surface area (Å²) in [5.41, 5.74) is 0.445. The van der Waals surface area contributed by atoms with Crippen LogP contribution in [0, 0.1) is 17.5 Å². The molecule has 2 N–H and O–H groups in total. The van der Waals surface area contributed by atoms with Gasteiger partial charge in [0.2, 0.25) is 11.8 Å². The molecule has 0 radical (unpaired) electrons. The Balaban J connectivity index is 1.84. The van der Waals surface area contributed by atoms with Crippen molar-refractivity contribution in [3.05, 3.63) is 65.5 Å².